The number of aliphatic imine (C=N–C) groups is 1. The van der Waals surface area contributed by atoms with Gasteiger partial charge in [0.2, 0.25) is 5.91 Å². The summed E-state index contributed by atoms with van der Waals surface area (Å²) >= 11 is 2.28. The summed E-state index contributed by atoms with van der Waals surface area (Å²) in [4.78, 5) is 34.0. The van der Waals surface area contributed by atoms with E-state index in [1.807, 2.05) is 6.92 Å². The van der Waals surface area contributed by atoms with Gasteiger partial charge in [-0.3, -0.25) is 14.5 Å². The number of anilines is 1. The van der Waals surface area contributed by atoms with Crippen LogP contribution in [0.1, 0.15) is 25.1 Å². The highest BCUT2D eigenvalue weighted by Crippen LogP contribution is 2.33. The van der Waals surface area contributed by atoms with Gasteiger partial charge in [-0.2, -0.15) is 13.2 Å². The van der Waals surface area contributed by atoms with Crippen molar-refractivity contribution in [1.29, 1.82) is 0 Å². The summed E-state index contributed by atoms with van der Waals surface area (Å²) in [6, 6.07) is 4.54. The third-order valence-electron chi connectivity index (χ3n) is 3.77. The molecular formula is C18H15F3N4O2S2. The Morgan fingerprint density at radius 3 is 2.79 bits per heavy atom. The fraction of sp³-hybridized carbons (Fsp3) is 0.222. The van der Waals surface area contributed by atoms with E-state index in [1.165, 1.54) is 35.3 Å². The van der Waals surface area contributed by atoms with E-state index in [-0.39, 0.29) is 16.8 Å². The van der Waals surface area contributed by atoms with Gasteiger partial charge in [0.1, 0.15) is 0 Å². The van der Waals surface area contributed by atoms with Crippen molar-refractivity contribution in [2.45, 2.75) is 20.0 Å². The van der Waals surface area contributed by atoms with E-state index in [0.29, 0.717) is 22.3 Å². The number of rotatable bonds is 4. The number of hydrogen-bond donors (Lipinski definition) is 1. The Labute approximate surface area is 172 Å². The number of hydrogen-bond acceptors (Lipinski definition) is 6. The van der Waals surface area contributed by atoms with Crippen LogP contribution in [0.2, 0.25) is 0 Å². The first kappa shape index (κ1) is 21.1. The van der Waals surface area contributed by atoms with Crippen molar-refractivity contribution in [2.75, 3.05) is 11.4 Å². The maximum absolute atomic E-state index is 12.8. The minimum atomic E-state index is -4.47. The van der Waals surface area contributed by atoms with Gasteiger partial charge in [0.05, 0.1) is 21.8 Å². The Morgan fingerprint density at radius 2 is 2.14 bits per heavy atom. The van der Waals surface area contributed by atoms with Crippen molar-refractivity contribution >= 4 is 57.0 Å². The number of halogens is 3. The van der Waals surface area contributed by atoms with E-state index in [0.717, 1.165) is 23.9 Å². The second-order valence-electron chi connectivity index (χ2n) is 5.85. The number of aromatic nitrogens is 1. The van der Waals surface area contributed by atoms with Gasteiger partial charge in [0, 0.05) is 18.8 Å². The molecule has 29 heavy (non-hydrogen) atoms. The molecule has 6 nitrogen and oxygen atoms in total. The SMILES string of the molecule is CCN(C(C)=O)c1nc(/C=C2\SC(=Nc3cccc(C(F)(F)F)c3)NC2=O)cs1. The Hall–Kier alpha value is -2.66. The van der Waals surface area contributed by atoms with Crippen molar-refractivity contribution in [2.24, 2.45) is 4.99 Å². The lowest BCUT2D eigenvalue weighted by Crippen LogP contribution is -2.27. The first-order valence-electron chi connectivity index (χ1n) is 8.38. The molecule has 1 fully saturated rings. The fourth-order valence-electron chi connectivity index (χ4n) is 2.44. The smallest absolute Gasteiger partial charge is 0.300 e. The molecule has 0 saturated carbocycles. The van der Waals surface area contributed by atoms with Crippen molar-refractivity contribution in [3.63, 3.8) is 0 Å². The van der Waals surface area contributed by atoms with Crippen molar-refractivity contribution in [3.05, 3.63) is 45.8 Å². The average molecular weight is 440 g/mol. The van der Waals surface area contributed by atoms with Gasteiger partial charge in [0.25, 0.3) is 5.91 Å². The topological polar surface area (TPSA) is 74.7 Å². The lowest BCUT2D eigenvalue weighted by atomic mass is 10.2. The molecule has 1 aliphatic rings. The molecule has 2 aromatic rings. The van der Waals surface area contributed by atoms with Crippen LogP contribution < -0.4 is 10.2 Å². The van der Waals surface area contributed by atoms with Crippen LogP contribution in [-0.4, -0.2) is 28.5 Å². The zero-order chi connectivity index (χ0) is 21.2. The minimum absolute atomic E-state index is 0.0832. The monoisotopic (exact) mass is 440 g/mol. The molecule has 0 spiro atoms. The zero-order valence-corrected chi connectivity index (χ0v) is 16.9. The van der Waals surface area contributed by atoms with Gasteiger partial charge < -0.3 is 5.32 Å². The Bertz CT molecular complexity index is 1010. The molecule has 1 aliphatic heterocycles. The number of benzene rings is 1. The molecule has 0 unspecified atom stereocenters. The van der Waals surface area contributed by atoms with Crippen molar-refractivity contribution in [1.82, 2.24) is 10.3 Å². The van der Waals surface area contributed by atoms with Crippen LogP contribution in [0.5, 0.6) is 0 Å². The number of thiazole rings is 1. The molecule has 1 saturated heterocycles. The van der Waals surface area contributed by atoms with Crippen LogP contribution in [0, 0.1) is 0 Å². The second-order valence-corrected chi connectivity index (χ2v) is 7.72. The van der Waals surface area contributed by atoms with E-state index in [1.54, 1.807) is 11.5 Å². The molecule has 1 N–H and O–H groups in total. The predicted octanol–water partition coefficient (Wildman–Crippen LogP) is 4.43. The second kappa shape index (κ2) is 8.37. The summed E-state index contributed by atoms with van der Waals surface area (Å²) in [6.07, 6.45) is -2.93. The number of amides is 2. The number of alkyl halides is 3. The van der Waals surface area contributed by atoms with Gasteiger partial charge in [-0.05, 0) is 43.0 Å². The number of thioether (sulfide) groups is 1. The van der Waals surface area contributed by atoms with E-state index in [4.69, 9.17) is 0 Å². The lowest BCUT2D eigenvalue weighted by Gasteiger charge is -2.14. The van der Waals surface area contributed by atoms with Crippen LogP contribution >= 0.6 is 23.1 Å². The minimum Gasteiger partial charge on any atom is -0.300 e. The van der Waals surface area contributed by atoms with Crippen LogP contribution in [0.4, 0.5) is 24.0 Å². The maximum atomic E-state index is 12.8. The molecule has 0 aliphatic carbocycles. The summed E-state index contributed by atoms with van der Waals surface area (Å²) in [5.41, 5.74) is -0.229. The molecule has 11 heteroatoms. The normalized spacial score (nSPS) is 17.1. The third-order valence-corrected chi connectivity index (χ3v) is 5.56. The zero-order valence-electron chi connectivity index (χ0n) is 15.3. The molecular weight excluding hydrogens is 425 g/mol. The molecule has 0 radical (unpaired) electrons. The molecule has 2 amide bonds. The van der Waals surface area contributed by atoms with Gasteiger partial charge >= 0.3 is 6.18 Å². The number of amidine groups is 1. The van der Waals surface area contributed by atoms with E-state index < -0.39 is 17.6 Å². The molecule has 1 aromatic heterocycles. The fourth-order valence-corrected chi connectivity index (χ4v) is 4.16. The summed E-state index contributed by atoms with van der Waals surface area (Å²) in [6.45, 7) is 3.75. The Morgan fingerprint density at radius 1 is 1.38 bits per heavy atom. The standard InChI is InChI=1S/C18H15F3N4O2S2/c1-3-25(10(2)26)17-23-13(9-28-17)8-14-15(27)24-16(29-14)22-12-6-4-5-11(7-12)18(19,20)21/h4-9H,3H2,1-2H3,(H,22,24,27)/b14-8-. The molecule has 0 bridgehead atoms. The van der Waals surface area contributed by atoms with Gasteiger partial charge in [-0.1, -0.05) is 6.07 Å². The highest BCUT2D eigenvalue weighted by Gasteiger charge is 2.30. The number of carbonyl (C=O) groups is 2. The van der Waals surface area contributed by atoms with Gasteiger partial charge in [-0.25, -0.2) is 9.98 Å². The van der Waals surface area contributed by atoms with Gasteiger partial charge in [0.15, 0.2) is 10.3 Å². The molecule has 0 atom stereocenters. The van der Waals surface area contributed by atoms with Crippen LogP contribution in [-0.2, 0) is 15.8 Å². The lowest BCUT2D eigenvalue weighted by molar-refractivity contribution is -0.137. The first-order valence-corrected chi connectivity index (χ1v) is 10.1. The van der Waals surface area contributed by atoms with Crippen LogP contribution in [0.3, 0.4) is 0 Å². The van der Waals surface area contributed by atoms with Gasteiger partial charge in [-0.15, -0.1) is 11.3 Å². The highest BCUT2D eigenvalue weighted by atomic mass is 32.2. The van der Waals surface area contributed by atoms with Crippen molar-refractivity contribution < 1.29 is 22.8 Å². The van der Waals surface area contributed by atoms with Crippen LogP contribution in [0.15, 0.2) is 39.5 Å². The summed E-state index contributed by atoms with van der Waals surface area (Å²) in [5.74, 6) is -0.557. The number of nitrogens with one attached hydrogen (secondary N) is 1. The van der Waals surface area contributed by atoms with Crippen LogP contribution in [0.25, 0.3) is 6.08 Å². The van der Waals surface area contributed by atoms with E-state index >= 15 is 0 Å². The number of carbonyl (C=O) groups excluding carboxylic acids is 2. The summed E-state index contributed by atoms with van der Waals surface area (Å²) in [5, 5.41) is 4.93. The van der Waals surface area contributed by atoms with Crippen molar-refractivity contribution in [3.8, 4) is 0 Å². The third kappa shape index (κ3) is 5.04. The molecule has 152 valence electrons. The Kier molecular flexibility index (Phi) is 6.08. The quantitative estimate of drug-likeness (QED) is 0.714. The van der Waals surface area contributed by atoms with E-state index in [2.05, 4.69) is 15.3 Å². The maximum Gasteiger partial charge on any atom is 0.416 e. The average Bonchev–Trinajstić information content (AvgIpc) is 3.22. The Balaban J connectivity index is 1.80. The molecule has 3 rings (SSSR count). The predicted molar refractivity (Wildman–Crippen MR) is 108 cm³/mol. The molecule has 2 heterocycles. The summed E-state index contributed by atoms with van der Waals surface area (Å²) < 4.78 is 38.5. The number of nitrogens with zero attached hydrogens (tertiary/aromatic N) is 3. The van der Waals surface area contributed by atoms with E-state index in [9.17, 15) is 22.8 Å². The molecule has 1 aromatic carbocycles. The first-order chi connectivity index (χ1) is 13.7. The largest absolute Gasteiger partial charge is 0.416 e. The highest BCUT2D eigenvalue weighted by molar-refractivity contribution is 8.18. The summed E-state index contributed by atoms with van der Waals surface area (Å²) in [7, 11) is 0.